The lowest BCUT2D eigenvalue weighted by Gasteiger charge is -2.09. The van der Waals surface area contributed by atoms with E-state index in [-0.39, 0.29) is 5.91 Å². The van der Waals surface area contributed by atoms with E-state index in [1.807, 2.05) is 12.1 Å². The monoisotopic (exact) mass is 300 g/mol. The molecule has 21 heavy (non-hydrogen) atoms. The molecular formula is C17H20N2OS. The molecule has 110 valence electrons. The van der Waals surface area contributed by atoms with Crippen molar-refractivity contribution in [3.63, 3.8) is 0 Å². The fourth-order valence-electron chi connectivity index (χ4n) is 2.67. The summed E-state index contributed by atoms with van der Waals surface area (Å²) in [6, 6.07) is 10.3. The number of nitrogens with one attached hydrogen (secondary N) is 2. The molecule has 4 heteroatoms. The smallest absolute Gasteiger partial charge is 0.251 e. The van der Waals surface area contributed by atoms with Gasteiger partial charge in [-0.05, 0) is 67.1 Å². The van der Waals surface area contributed by atoms with Gasteiger partial charge in [-0.15, -0.1) is 11.3 Å². The van der Waals surface area contributed by atoms with Crippen molar-refractivity contribution in [1.82, 2.24) is 10.6 Å². The Morgan fingerprint density at radius 3 is 2.86 bits per heavy atom. The van der Waals surface area contributed by atoms with E-state index in [0.717, 1.165) is 37.9 Å². The van der Waals surface area contributed by atoms with Gasteiger partial charge in [0.2, 0.25) is 0 Å². The predicted molar refractivity (Wildman–Crippen MR) is 87.1 cm³/mol. The highest BCUT2D eigenvalue weighted by Gasteiger charge is 2.11. The van der Waals surface area contributed by atoms with Gasteiger partial charge in [0.15, 0.2) is 0 Å². The van der Waals surface area contributed by atoms with E-state index in [2.05, 4.69) is 34.2 Å². The lowest BCUT2D eigenvalue weighted by Crippen LogP contribution is -2.25. The van der Waals surface area contributed by atoms with Gasteiger partial charge < -0.3 is 10.6 Å². The lowest BCUT2D eigenvalue weighted by molar-refractivity contribution is 0.0954. The van der Waals surface area contributed by atoms with Crippen LogP contribution < -0.4 is 10.6 Å². The van der Waals surface area contributed by atoms with Crippen molar-refractivity contribution in [2.75, 3.05) is 19.6 Å². The third-order valence-electron chi connectivity index (χ3n) is 3.85. The first kappa shape index (κ1) is 14.3. The third-order valence-corrected chi connectivity index (χ3v) is 4.78. The van der Waals surface area contributed by atoms with E-state index < -0.39 is 0 Å². The number of carbonyl (C=O) groups excluding carboxylic acids is 1. The summed E-state index contributed by atoms with van der Waals surface area (Å²) in [7, 11) is 0. The molecule has 1 aliphatic rings. The highest BCUT2D eigenvalue weighted by atomic mass is 32.1. The molecule has 1 amide bonds. The maximum Gasteiger partial charge on any atom is 0.251 e. The van der Waals surface area contributed by atoms with Crippen molar-refractivity contribution in [3.8, 4) is 0 Å². The van der Waals surface area contributed by atoms with E-state index in [4.69, 9.17) is 0 Å². The van der Waals surface area contributed by atoms with Crippen LogP contribution in [0.3, 0.4) is 0 Å². The summed E-state index contributed by atoms with van der Waals surface area (Å²) >= 11 is 1.73. The van der Waals surface area contributed by atoms with Gasteiger partial charge in [-0.1, -0.05) is 12.1 Å². The molecule has 3 rings (SSSR count). The molecule has 1 aromatic heterocycles. The third kappa shape index (κ3) is 3.71. The molecule has 2 N–H and O–H groups in total. The number of fused-ring (bicyclic) bond motifs is 1. The van der Waals surface area contributed by atoms with Gasteiger partial charge >= 0.3 is 0 Å². The van der Waals surface area contributed by atoms with Gasteiger partial charge in [-0.3, -0.25) is 4.79 Å². The molecule has 2 heterocycles. The molecule has 0 atom stereocenters. The average molecular weight is 300 g/mol. The molecule has 0 aliphatic carbocycles. The number of benzene rings is 1. The molecule has 1 aliphatic heterocycles. The SMILES string of the molecule is O=C(NCCc1cccs1)c1ccc2c(c1)CCNCC2. The maximum atomic E-state index is 12.2. The fraction of sp³-hybridized carbons (Fsp3) is 0.353. The molecule has 0 radical (unpaired) electrons. The summed E-state index contributed by atoms with van der Waals surface area (Å²) in [5, 5.41) is 8.47. The zero-order valence-electron chi connectivity index (χ0n) is 12.0. The largest absolute Gasteiger partial charge is 0.352 e. The van der Waals surface area contributed by atoms with Crippen LogP contribution in [-0.4, -0.2) is 25.5 Å². The van der Waals surface area contributed by atoms with Crippen LogP contribution in [0.25, 0.3) is 0 Å². The van der Waals surface area contributed by atoms with Crippen LogP contribution in [0.4, 0.5) is 0 Å². The summed E-state index contributed by atoms with van der Waals surface area (Å²) in [5.41, 5.74) is 3.46. The Balaban J connectivity index is 1.60. The molecule has 2 aromatic rings. The van der Waals surface area contributed by atoms with Crippen LogP contribution in [0.1, 0.15) is 26.4 Å². The number of rotatable bonds is 4. The first-order valence-corrected chi connectivity index (χ1v) is 8.34. The Morgan fingerprint density at radius 1 is 1.19 bits per heavy atom. The predicted octanol–water partition coefficient (Wildman–Crippen LogP) is 2.41. The van der Waals surface area contributed by atoms with E-state index in [1.54, 1.807) is 11.3 Å². The summed E-state index contributed by atoms with van der Waals surface area (Å²) in [6.45, 7) is 2.72. The highest BCUT2D eigenvalue weighted by molar-refractivity contribution is 7.09. The summed E-state index contributed by atoms with van der Waals surface area (Å²) in [6.07, 6.45) is 2.96. The highest BCUT2D eigenvalue weighted by Crippen LogP contribution is 2.15. The van der Waals surface area contributed by atoms with Gasteiger partial charge in [0.1, 0.15) is 0 Å². The zero-order valence-corrected chi connectivity index (χ0v) is 12.8. The maximum absolute atomic E-state index is 12.2. The lowest BCUT2D eigenvalue weighted by atomic mass is 10.00. The minimum absolute atomic E-state index is 0.0339. The molecule has 0 unspecified atom stereocenters. The van der Waals surface area contributed by atoms with Crippen molar-refractivity contribution in [1.29, 1.82) is 0 Å². The molecule has 0 bridgehead atoms. The quantitative estimate of drug-likeness (QED) is 0.910. The molecular weight excluding hydrogens is 280 g/mol. The minimum Gasteiger partial charge on any atom is -0.352 e. The van der Waals surface area contributed by atoms with Gasteiger partial charge in [-0.25, -0.2) is 0 Å². The Kier molecular flexibility index (Phi) is 4.68. The first-order valence-electron chi connectivity index (χ1n) is 7.46. The van der Waals surface area contributed by atoms with Crippen molar-refractivity contribution >= 4 is 17.2 Å². The zero-order chi connectivity index (χ0) is 14.5. The van der Waals surface area contributed by atoms with E-state index in [0.29, 0.717) is 6.54 Å². The van der Waals surface area contributed by atoms with Crippen molar-refractivity contribution < 1.29 is 4.79 Å². The number of hydrogen-bond acceptors (Lipinski definition) is 3. The fourth-order valence-corrected chi connectivity index (χ4v) is 3.38. The van der Waals surface area contributed by atoms with Crippen LogP contribution in [-0.2, 0) is 19.3 Å². The topological polar surface area (TPSA) is 41.1 Å². The normalized spacial score (nSPS) is 14.3. The summed E-state index contributed by atoms with van der Waals surface area (Å²) in [4.78, 5) is 13.5. The summed E-state index contributed by atoms with van der Waals surface area (Å²) in [5.74, 6) is 0.0339. The van der Waals surface area contributed by atoms with Crippen LogP contribution >= 0.6 is 11.3 Å². The Morgan fingerprint density at radius 2 is 2.05 bits per heavy atom. The average Bonchev–Trinajstić information content (AvgIpc) is 2.90. The number of hydrogen-bond donors (Lipinski definition) is 2. The Labute approximate surface area is 129 Å². The number of amides is 1. The Hall–Kier alpha value is -1.65. The second-order valence-electron chi connectivity index (χ2n) is 5.32. The Bertz CT molecular complexity index is 607. The molecule has 3 nitrogen and oxygen atoms in total. The van der Waals surface area contributed by atoms with Crippen LogP contribution in [0.15, 0.2) is 35.7 Å². The minimum atomic E-state index is 0.0339. The van der Waals surface area contributed by atoms with Crippen molar-refractivity contribution in [2.24, 2.45) is 0 Å². The van der Waals surface area contributed by atoms with Gasteiger partial charge in [0.05, 0.1) is 0 Å². The van der Waals surface area contributed by atoms with Crippen molar-refractivity contribution in [3.05, 3.63) is 57.3 Å². The van der Waals surface area contributed by atoms with Crippen LogP contribution in [0.5, 0.6) is 0 Å². The number of thiophene rings is 1. The second-order valence-corrected chi connectivity index (χ2v) is 6.35. The van der Waals surface area contributed by atoms with Gasteiger partial charge in [-0.2, -0.15) is 0 Å². The molecule has 0 saturated carbocycles. The van der Waals surface area contributed by atoms with Crippen molar-refractivity contribution in [2.45, 2.75) is 19.3 Å². The van der Waals surface area contributed by atoms with Gasteiger partial charge in [0, 0.05) is 17.0 Å². The molecule has 1 aromatic carbocycles. The molecule has 0 fully saturated rings. The second kappa shape index (κ2) is 6.87. The first-order chi connectivity index (χ1) is 10.3. The standard InChI is InChI=1S/C17H20N2OS/c20-17(19-10-7-16-2-1-11-21-16)15-4-3-13-5-8-18-9-6-14(13)12-15/h1-4,11-12,18H,5-10H2,(H,19,20). The van der Waals surface area contributed by atoms with E-state index in [1.165, 1.54) is 16.0 Å². The van der Waals surface area contributed by atoms with Crippen LogP contribution in [0.2, 0.25) is 0 Å². The van der Waals surface area contributed by atoms with E-state index >= 15 is 0 Å². The molecule has 0 spiro atoms. The van der Waals surface area contributed by atoms with Crippen LogP contribution in [0, 0.1) is 0 Å². The number of carbonyl (C=O) groups is 1. The van der Waals surface area contributed by atoms with Gasteiger partial charge in [0.25, 0.3) is 5.91 Å². The van der Waals surface area contributed by atoms with E-state index in [9.17, 15) is 4.79 Å². The molecule has 0 saturated heterocycles. The summed E-state index contributed by atoms with van der Waals surface area (Å²) < 4.78 is 0.